The molecule has 2 unspecified atom stereocenters. The Morgan fingerprint density at radius 1 is 1.32 bits per heavy atom. The number of rotatable bonds is 2. The van der Waals surface area contributed by atoms with Gasteiger partial charge in [0.2, 0.25) is 0 Å². The molecule has 0 spiro atoms. The maximum absolute atomic E-state index is 6.12. The van der Waals surface area contributed by atoms with Crippen LogP contribution in [0.2, 0.25) is 0 Å². The van der Waals surface area contributed by atoms with Gasteiger partial charge in [0, 0.05) is 37.2 Å². The molecular weight excluding hydrogens is 236 g/mol. The van der Waals surface area contributed by atoms with Crippen LogP contribution in [-0.4, -0.2) is 36.7 Å². The summed E-state index contributed by atoms with van der Waals surface area (Å²) in [7, 11) is 2.07. The first-order chi connectivity index (χ1) is 9.09. The lowest BCUT2D eigenvalue weighted by Crippen LogP contribution is -2.41. The third kappa shape index (κ3) is 2.49. The van der Waals surface area contributed by atoms with Gasteiger partial charge in [-0.2, -0.15) is 0 Å². The summed E-state index contributed by atoms with van der Waals surface area (Å²) in [5.41, 5.74) is 1.29. The van der Waals surface area contributed by atoms with E-state index in [9.17, 15) is 0 Å². The molecule has 2 aliphatic heterocycles. The zero-order valence-electron chi connectivity index (χ0n) is 12.1. The van der Waals surface area contributed by atoms with Crippen LogP contribution in [0.25, 0.3) is 0 Å². The molecule has 0 aliphatic carbocycles. The van der Waals surface area contributed by atoms with Gasteiger partial charge in [-0.3, -0.25) is 4.90 Å². The first kappa shape index (κ1) is 12.9. The van der Waals surface area contributed by atoms with Gasteiger partial charge in [-0.15, -0.1) is 0 Å². The minimum atomic E-state index is -0.0727. The predicted molar refractivity (Wildman–Crippen MR) is 77.5 cm³/mol. The lowest BCUT2D eigenvalue weighted by Gasteiger charge is -2.41. The number of hydrogen-bond acceptors (Lipinski definition) is 3. The number of para-hydroxylation sites is 1. The third-order valence-corrected chi connectivity index (χ3v) is 4.42. The van der Waals surface area contributed by atoms with Crippen LogP contribution < -0.4 is 10.1 Å². The third-order valence-electron chi connectivity index (χ3n) is 4.42. The minimum absolute atomic E-state index is 0.0727. The molecule has 19 heavy (non-hydrogen) atoms. The highest BCUT2D eigenvalue weighted by atomic mass is 16.5. The van der Waals surface area contributed by atoms with Crippen molar-refractivity contribution in [3.05, 3.63) is 29.8 Å². The van der Waals surface area contributed by atoms with Crippen LogP contribution in [0, 0.1) is 0 Å². The monoisotopic (exact) mass is 260 g/mol. The van der Waals surface area contributed by atoms with Crippen LogP contribution in [0.1, 0.15) is 38.3 Å². The fraction of sp³-hybridized carbons (Fsp3) is 0.625. The minimum Gasteiger partial charge on any atom is -0.487 e. The van der Waals surface area contributed by atoms with Crippen molar-refractivity contribution in [2.75, 3.05) is 20.1 Å². The summed E-state index contributed by atoms with van der Waals surface area (Å²) >= 11 is 0. The summed E-state index contributed by atoms with van der Waals surface area (Å²) in [6.07, 6.45) is 2.32. The summed E-state index contributed by atoms with van der Waals surface area (Å²) in [6, 6.07) is 9.66. The second-order valence-corrected chi connectivity index (χ2v) is 6.39. The molecule has 2 aliphatic rings. The van der Waals surface area contributed by atoms with Gasteiger partial charge in [0.15, 0.2) is 0 Å². The Hall–Kier alpha value is -1.06. The van der Waals surface area contributed by atoms with Crippen LogP contribution in [0.5, 0.6) is 5.75 Å². The maximum atomic E-state index is 6.12. The highest BCUT2D eigenvalue weighted by Crippen LogP contribution is 2.43. The van der Waals surface area contributed by atoms with Crippen LogP contribution >= 0.6 is 0 Å². The van der Waals surface area contributed by atoms with E-state index < -0.39 is 0 Å². The van der Waals surface area contributed by atoms with Crippen molar-refractivity contribution in [3.8, 4) is 5.75 Å². The molecular formula is C16H24N2O. The van der Waals surface area contributed by atoms with Crippen molar-refractivity contribution in [2.24, 2.45) is 0 Å². The van der Waals surface area contributed by atoms with Gasteiger partial charge in [-0.25, -0.2) is 0 Å². The molecule has 3 rings (SSSR count). The lowest BCUT2D eigenvalue weighted by molar-refractivity contribution is 0.0362. The summed E-state index contributed by atoms with van der Waals surface area (Å²) in [6.45, 7) is 6.72. The van der Waals surface area contributed by atoms with Gasteiger partial charge < -0.3 is 10.1 Å². The van der Waals surface area contributed by atoms with Crippen LogP contribution in [0.4, 0.5) is 0 Å². The van der Waals surface area contributed by atoms with Gasteiger partial charge >= 0.3 is 0 Å². The van der Waals surface area contributed by atoms with E-state index in [1.165, 1.54) is 18.5 Å². The molecule has 2 atom stereocenters. The molecule has 104 valence electrons. The van der Waals surface area contributed by atoms with Gasteiger partial charge in [0.25, 0.3) is 0 Å². The van der Waals surface area contributed by atoms with Crippen LogP contribution in [0.15, 0.2) is 24.3 Å². The highest BCUT2D eigenvalue weighted by molar-refractivity contribution is 5.38. The topological polar surface area (TPSA) is 24.5 Å². The average Bonchev–Trinajstić information content (AvgIpc) is 2.85. The molecule has 0 amide bonds. The van der Waals surface area contributed by atoms with Gasteiger partial charge in [-0.05, 0) is 33.4 Å². The van der Waals surface area contributed by atoms with Crippen LogP contribution in [-0.2, 0) is 0 Å². The van der Waals surface area contributed by atoms with Gasteiger partial charge in [0.05, 0.1) is 0 Å². The summed E-state index contributed by atoms with van der Waals surface area (Å²) in [4.78, 5) is 2.62. The fourth-order valence-corrected chi connectivity index (χ4v) is 3.40. The predicted octanol–water partition coefficient (Wildman–Crippen LogP) is 2.58. The molecule has 2 heterocycles. The second kappa shape index (κ2) is 4.80. The number of ether oxygens (including phenoxy) is 1. The quantitative estimate of drug-likeness (QED) is 0.884. The lowest BCUT2D eigenvalue weighted by atomic mass is 9.89. The number of benzene rings is 1. The van der Waals surface area contributed by atoms with E-state index in [0.717, 1.165) is 18.7 Å². The molecule has 0 aromatic heterocycles. The number of hydrogen-bond donors (Lipinski definition) is 1. The zero-order chi connectivity index (χ0) is 13.5. The Labute approximate surface area is 115 Å². The normalized spacial score (nSPS) is 29.8. The Morgan fingerprint density at radius 2 is 2.11 bits per heavy atom. The van der Waals surface area contributed by atoms with E-state index in [0.29, 0.717) is 12.1 Å². The Kier molecular flexibility index (Phi) is 3.27. The van der Waals surface area contributed by atoms with Crippen molar-refractivity contribution in [2.45, 2.75) is 44.4 Å². The van der Waals surface area contributed by atoms with Crippen molar-refractivity contribution < 1.29 is 4.74 Å². The fourth-order valence-electron chi connectivity index (χ4n) is 3.40. The number of nitrogens with one attached hydrogen (secondary N) is 1. The summed E-state index contributed by atoms with van der Waals surface area (Å²) in [5.74, 6) is 1.07. The zero-order valence-corrected chi connectivity index (χ0v) is 12.1. The molecule has 3 nitrogen and oxygen atoms in total. The molecule has 1 aromatic carbocycles. The molecule has 1 saturated heterocycles. The van der Waals surface area contributed by atoms with E-state index in [2.05, 4.69) is 55.4 Å². The molecule has 0 radical (unpaired) electrons. The van der Waals surface area contributed by atoms with Crippen LogP contribution in [0.3, 0.4) is 0 Å². The molecule has 1 aromatic rings. The number of likely N-dealkylation sites (N-methyl/N-ethyl adjacent to an activating group) is 1. The Bertz CT molecular complexity index is 458. The standard InChI is InChI=1S/C16H24N2O/c1-16(2)10-14(18-9-8-12(11-18)17-3)13-6-4-5-7-15(13)19-16/h4-7,12,14,17H,8-11H2,1-3H3. The number of nitrogens with zero attached hydrogens (tertiary/aromatic N) is 1. The number of likely N-dealkylation sites (tertiary alicyclic amines) is 1. The van der Waals surface area contributed by atoms with Crippen molar-refractivity contribution >= 4 is 0 Å². The first-order valence-corrected chi connectivity index (χ1v) is 7.28. The van der Waals surface area contributed by atoms with Crippen molar-refractivity contribution in [1.82, 2.24) is 10.2 Å². The number of fused-ring (bicyclic) bond motifs is 1. The van der Waals surface area contributed by atoms with E-state index in [1.807, 2.05) is 0 Å². The van der Waals surface area contributed by atoms with Crippen molar-refractivity contribution in [3.63, 3.8) is 0 Å². The largest absolute Gasteiger partial charge is 0.487 e. The molecule has 0 bridgehead atoms. The van der Waals surface area contributed by atoms with Gasteiger partial charge in [0.1, 0.15) is 11.4 Å². The summed E-state index contributed by atoms with van der Waals surface area (Å²) in [5, 5.41) is 3.40. The van der Waals surface area contributed by atoms with E-state index in [-0.39, 0.29) is 5.60 Å². The molecule has 1 N–H and O–H groups in total. The summed E-state index contributed by atoms with van der Waals surface area (Å²) < 4.78 is 6.12. The van der Waals surface area contributed by atoms with Crippen molar-refractivity contribution in [1.29, 1.82) is 0 Å². The Morgan fingerprint density at radius 3 is 2.84 bits per heavy atom. The Balaban J connectivity index is 1.89. The second-order valence-electron chi connectivity index (χ2n) is 6.39. The highest BCUT2D eigenvalue weighted by Gasteiger charge is 2.38. The molecule has 1 fully saturated rings. The molecule has 0 saturated carbocycles. The SMILES string of the molecule is CNC1CCN(C2CC(C)(C)Oc3ccccc32)C1. The molecule has 3 heteroatoms. The van der Waals surface area contributed by atoms with Gasteiger partial charge in [-0.1, -0.05) is 18.2 Å². The average molecular weight is 260 g/mol. The smallest absolute Gasteiger partial charge is 0.124 e. The van der Waals surface area contributed by atoms with E-state index >= 15 is 0 Å². The first-order valence-electron chi connectivity index (χ1n) is 7.28. The van der Waals surface area contributed by atoms with E-state index in [1.54, 1.807) is 0 Å². The van der Waals surface area contributed by atoms with E-state index in [4.69, 9.17) is 4.74 Å². The maximum Gasteiger partial charge on any atom is 0.124 e.